The van der Waals surface area contributed by atoms with Crippen LogP contribution in [0.3, 0.4) is 0 Å². The van der Waals surface area contributed by atoms with Crippen molar-refractivity contribution >= 4 is 23.2 Å². The Bertz CT molecular complexity index is 487. The van der Waals surface area contributed by atoms with Crippen LogP contribution in [0, 0.1) is 11.7 Å². The summed E-state index contributed by atoms with van der Waals surface area (Å²) in [5.41, 5.74) is 0.0152. The predicted molar refractivity (Wildman–Crippen MR) is 77.5 cm³/mol. The fourth-order valence-corrected chi connectivity index (χ4v) is 2.82. The lowest BCUT2D eigenvalue weighted by Crippen LogP contribution is -2.15. The van der Waals surface area contributed by atoms with Gasteiger partial charge in [-0.25, -0.2) is 4.39 Å². The van der Waals surface area contributed by atoms with E-state index in [1.54, 1.807) is 0 Å². The van der Waals surface area contributed by atoms with Crippen LogP contribution in [-0.4, -0.2) is 11.0 Å². The standard InChI is InChI=1S/C15H19ClFNO2/c16-11-8-13(12(17)9-14(11)19)18-15(20)7-6-10-4-2-1-3-5-10/h8-10,19H,1-7H2,(H,18,20). The summed E-state index contributed by atoms with van der Waals surface area (Å²) in [5.74, 6) is -0.610. The monoisotopic (exact) mass is 299 g/mol. The van der Waals surface area contributed by atoms with E-state index >= 15 is 0 Å². The Hall–Kier alpha value is -1.29. The zero-order chi connectivity index (χ0) is 14.5. The molecular weight excluding hydrogens is 281 g/mol. The number of benzene rings is 1. The van der Waals surface area contributed by atoms with E-state index in [1.165, 1.54) is 38.2 Å². The lowest BCUT2D eigenvalue weighted by Gasteiger charge is -2.21. The number of aromatic hydroxyl groups is 1. The molecule has 0 atom stereocenters. The summed E-state index contributed by atoms with van der Waals surface area (Å²) in [6.45, 7) is 0. The van der Waals surface area contributed by atoms with Gasteiger partial charge in [0.1, 0.15) is 11.6 Å². The number of carbonyl (C=O) groups excluding carboxylic acids is 1. The predicted octanol–water partition coefficient (Wildman–Crippen LogP) is 4.48. The highest BCUT2D eigenvalue weighted by molar-refractivity contribution is 6.32. The summed E-state index contributed by atoms with van der Waals surface area (Å²) in [5, 5.41) is 11.8. The summed E-state index contributed by atoms with van der Waals surface area (Å²) in [4.78, 5) is 11.8. The maximum atomic E-state index is 13.6. The van der Waals surface area contributed by atoms with Gasteiger partial charge in [-0.2, -0.15) is 0 Å². The van der Waals surface area contributed by atoms with Gasteiger partial charge in [-0.05, 0) is 18.4 Å². The minimum Gasteiger partial charge on any atom is -0.506 e. The number of hydrogen-bond acceptors (Lipinski definition) is 2. The first kappa shape index (κ1) is 15.1. The van der Waals surface area contributed by atoms with Crippen molar-refractivity contribution < 1.29 is 14.3 Å². The van der Waals surface area contributed by atoms with Gasteiger partial charge in [0.25, 0.3) is 0 Å². The smallest absolute Gasteiger partial charge is 0.224 e. The molecule has 2 rings (SSSR count). The van der Waals surface area contributed by atoms with E-state index in [1.807, 2.05) is 0 Å². The molecule has 2 N–H and O–H groups in total. The quantitative estimate of drug-likeness (QED) is 0.805. The summed E-state index contributed by atoms with van der Waals surface area (Å²) in [7, 11) is 0. The molecular formula is C15H19ClFNO2. The van der Waals surface area contributed by atoms with Crippen molar-refractivity contribution in [2.24, 2.45) is 5.92 Å². The van der Waals surface area contributed by atoms with Gasteiger partial charge >= 0.3 is 0 Å². The van der Waals surface area contributed by atoms with E-state index in [4.69, 9.17) is 11.6 Å². The van der Waals surface area contributed by atoms with Crippen LogP contribution in [0.2, 0.25) is 5.02 Å². The molecule has 0 aliphatic heterocycles. The van der Waals surface area contributed by atoms with E-state index in [0.717, 1.165) is 12.5 Å². The molecule has 1 aliphatic rings. The second-order valence-corrected chi connectivity index (χ2v) is 5.78. The number of nitrogens with one attached hydrogen (secondary N) is 1. The molecule has 0 saturated heterocycles. The highest BCUT2D eigenvalue weighted by atomic mass is 35.5. The number of carbonyl (C=O) groups is 1. The van der Waals surface area contributed by atoms with E-state index in [0.29, 0.717) is 12.3 Å². The maximum Gasteiger partial charge on any atom is 0.224 e. The third-order valence-electron chi connectivity index (χ3n) is 3.81. The van der Waals surface area contributed by atoms with Crippen LogP contribution in [0.25, 0.3) is 0 Å². The Kier molecular flexibility index (Phi) is 5.24. The van der Waals surface area contributed by atoms with Crippen molar-refractivity contribution in [2.75, 3.05) is 5.32 Å². The van der Waals surface area contributed by atoms with Gasteiger partial charge in [-0.3, -0.25) is 4.79 Å². The Morgan fingerprint density at radius 2 is 2.05 bits per heavy atom. The van der Waals surface area contributed by atoms with Crippen LogP contribution in [0.15, 0.2) is 12.1 Å². The number of halogens is 2. The summed E-state index contributed by atoms with van der Waals surface area (Å²) in [6.07, 6.45) is 7.39. The first-order valence-electron chi connectivity index (χ1n) is 7.04. The second-order valence-electron chi connectivity index (χ2n) is 5.37. The minimum absolute atomic E-state index is 0.0152. The number of hydrogen-bond donors (Lipinski definition) is 2. The van der Waals surface area contributed by atoms with Crippen molar-refractivity contribution in [2.45, 2.75) is 44.9 Å². The zero-order valence-electron chi connectivity index (χ0n) is 11.3. The van der Waals surface area contributed by atoms with Crippen LogP contribution in [0.5, 0.6) is 5.75 Å². The molecule has 0 bridgehead atoms. The zero-order valence-corrected chi connectivity index (χ0v) is 12.0. The van der Waals surface area contributed by atoms with Gasteiger partial charge in [0.15, 0.2) is 0 Å². The molecule has 0 unspecified atom stereocenters. The Morgan fingerprint density at radius 1 is 1.35 bits per heavy atom. The molecule has 20 heavy (non-hydrogen) atoms. The number of rotatable bonds is 4. The fourth-order valence-electron chi connectivity index (χ4n) is 2.66. The normalized spacial score (nSPS) is 16.1. The third kappa shape index (κ3) is 4.10. The molecule has 1 saturated carbocycles. The molecule has 1 amide bonds. The lowest BCUT2D eigenvalue weighted by molar-refractivity contribution is -0.116. The molecule has 5 heteroatoms. The van der Waals surface area contributed by atoms with Crippen molar-refractivity contribution in [3.05, 3.63) is 23.0 Å². The van der Waals surface area contributed by atoms with E-state index in [2.05, 4.69) is 5.32 Å². The highest BCUT2D eigenvalue weighted by Crippen LogP contribution is 2.30. The van der Waals surface area contributed by atoms with Crippen molar-refractivity contribution in [1.82, 2.24) is 0 Å². The molecule has 1 fully saturated rings. The van der Waals surface area contributed by atoms with Crippen molar-refractivity contribution in [1.29, 1.82) is 0 Å². The first-order chi connectivity index (χ1) is 9.56. The summed E-state index contributed by atoms with van der Waals surface area (Å²) >= 11 is 5.70. The topological polar surface area (TPSA) is 49.3 Å². The number of anilines is 1. The highest BCUT2D eigenvalue weighted by Gasteiger charge is 2.16. The molecule has 1 aromatic rings. The van der Waals surface area contributed by atoms with Crippen molar-refractivity contribution in [3.8, 4) is 5.75 Å². The van der Waals surface area contributed by atoms with Gasteiger partial charge in [0.2, 0.25) is 5.91 Å². The fraction of sp³-hybridized carbons (Fsp3) is 0.533. The Balaban J connectivity index is 1.86. The number of phenolic OH excluding ortho intramolecular Hbond substituents is 1. The average molecular weight is 300 g/mol. The lowest BCUT2D eigenvalue weighted by atomic mass is 9.86. The summed E-state index contributed by atoms with van der Waals surface area (Å²) in [6, 6.07) is 2.13. The third-order valence-corrected chi connectivity index (χ3v) is 4.12. The molecule has 0 radical (unpaired) electrons. The van der Waals surface area contributed by atoms with E-state index in [-0.39, 0.29) is 22.4 Å². The van der Waals surface area contributed by atoms with Gasteiger partial charge in [0, 0.05) is 12.5 Å². The molecule has 0 aromatic heterocycles. The first-order valence-corrected chi connectivity index (χ1v) is 7.42. The van der Waals surface area contributed by atoms with Crippen LogP contribution in [0.4, 0.5) is 10.1 Å². The maximum absolute atomic E-state index is 13.6. The number of phenols is 1. The Labute approximate surface area is 123 Å². The molecule has 1 aromatic carbocycles. The SMILES string of the molecule is O=C(CCC1CCCCC1)Nc1cc(Cl)c(O)cc1F. The molecule has 0 spiro atoms. The largest absolute Gasteiger partial charge is 0.506 e. The van der Waals surface area contributed by atoms with Crippen molar-refractivity contribution in [3.63, 3.8) is 0 Å². The van der Waals surface area contributed by atoms with Crippen LogP contribution in [-0.2, 0) is 4.79 Å². The van der Waals surface area contributed by atoms with Crippen LogP contribution >= 0.6 is 11.6 Å². The minimum atomic E-state index is -0.682. The van der Waals surface area contributed by atoms with E-state index in [9.17, 15) is 14.3 Å². The molecule has 110 valence electrons. The second kappa shape index (κ2) is 6.93. The molecule has 0 heterocycles. The van der Waals surface area contributed by atoms with Crippen LogP contribution in [0.1, 0.15) is 44.9 Å². The Morgan fingerprint density at radius 3 is 2.75 bits per heavy atom. The molecule has 3 nitrogen and oxygen atoms in total. The summed E-state index contributed by atoms with van der Waals surface area (Å²) < 4.78 is 13.6. The van der Waals surface area contributed by atoms with Gasteiger partial charge in [0.05, 0.1) is 10.7 Å². The van der Waals surface area contributed by atoms with Gasteiger partial charge in [-0.15, -0.1) is 0 Å². The van der Waals surface area contributed by atoms with Gasteiger partial charge < -0.3 is 10.4 Å². The van der Waals surface area contributed by atoms with Crippen LogP contribution < -0.4 is 5.32 Å². The average Bonchev–Trinajstić information content (AvgIpc) is 2.44. The number of amides is 1. The van der Waals surface area contributed by atoms with E-state index < -0.39 is 5.82 Å². The molecule has 1 aliphatic carbocycles. The van der Waals surface area contributed by atoms with Gasteiger partial charge in [-0.1, -0.05) is 43.7 Å².